The van der Waals surface area contributed by atoms with Gasteiger partial charge < -0.3 is 15.4 Å². The maximum atomic E-state index is 14.2. The van der Waals surface area contributed by atoms with Crippen molar-refractivity contribution < 1.29 is 31.9 Å². The van der Waals surface area contributed by atoms with E-state index < -0.39 is 29.2 Å². The number of benzene rings is 2. The fourth-order valence-electron chi connectivity index (χ4n) is 3.11. The van der Waals surface area contributed by atoms with Crippen LogP contribution in [-0.2, 0) is 17.5 Å². The van der Waals surface area contributed by atoms with Crippen molar-refractivity contribution in [1.29, 1.82) is 0 Å². The molecule has 0 saturated heterocycles. The second-order valence-corrected chi connectivity index (χ2v) is 7.38. The zero-order chi connectivity index (χ0) is 24.2. The van der Waals surface area contributed by atoms with Crippen LogP contribution in [0.3, 0.4) is 0 Å². The summed E-state index contributed by atoms with van der Waals surface area (Å²) in [5.41, 5.74) is 5.79. The van der Waals surface area contributed by atoms with Crippen LogP contribution < -0.4 is 10.5 Å². The highest BCUT2D eigenvalue weighted by molar-refractivity contribution is 5.92. The molecule has 1 heterocycles. The van der Waals surface area contributed by atoms with Crippen molar-refractivity contribution in [3.63, 3.8) is 0 Å². The monoisotopic (exact) mass is 460 g/mol. The van der Waals surface area contributed by atoms with Gasteiger partial charge in [-0.15, -0.1) is 0 Å². The average Bonchev–Trinajstić information content (AvgIpc) is 2.79. The molecule has 1 aliphatic heterocycles. The van der Waals surface area contributed by atoms with E-state index in [0.717, 1.165) is 11.6 Å². The molecule has 0 bridgehead atoms. The fourth-order valence-corrected chi connectivity index (χ4v) is 3.11. The number of halogens is 4. The minimum absolute atomic E-state index is 0.0543. The lowest BCUT2D eigenvalue weighted by Crippen LogP contribution is -2.32. The molecule has 172 valence electrons. The number of rotatable bonds is 5. The number of nitrogens with zero attached hydrogens (tertiary/aromatic N) is 1. The number of carbonyl (C=O) groups excluding carboxylic acids is 2. The van der Waals surface area contributed by atoms with Crippen molar-refractivity contribution in [3.8, 4) is 5.75 Å². The van der Waals surface area contributed by atoms with Gasteiger partial charge in [-0.1, -0.05) is 30.9 Å². The van der Waals surface area contributed by atoms with Gasteiger partial charge in [0.2, 0.25) is 11.8 Å². The molecule has 5 nitrogen and oxygen atoms in total. The van der Waals surface area contributed by atoms with Crippen molar-refractivity contribution in [2.24, 2.45) is 5.73 Å². The number of hydrogen-bond acceptors (Lipinski definition) is 3. The molecule has 3 rings (SSSR count). The number of hydrogen-bond donors (Lipinski definition) is 1. The molecule has 0 spiro atoms. The van der Waals surface area contributed by atoms with E-state index in [1.807, 2.05) is 0 Å². The Kier molecular flexibility index (Phi) is 7.01. The number of amides is 2. The molecule has 2 aromatic carbocycles. The topological polar surface area (TPSA) is 72.6 Å². The zero-order valence-electron chi connectivity index (χ0n) is 17.4. The van der Waals surface area contributed by atoms with Gasteiger partial charge in [-0.05, 0) is 47.5 Å². The Hall–Kier alpha value is -3.88. The number of carbonyl (C=O) groups is 2. The van der Waals surface area contributed by atoms with E-state index in [-0.39, 0.29) is 31.2 Å². The summed E-state index contributed by atoms with van der Waals surface area (Å²) in [6, 6.07) is 8.36. The van der Waals surface area contributed by atoms with Crippen molar-refractivity contribution in [2.45, 2.75) is 19.1 Å². The third kappa shape index (κ3) is 6.31. The first-order chi connectivity index (χ1) is 15.5. The van der Waals surface area contributed by atoms with Crippen LogP contribution in [0.4, 0.5) is 17.6 Å². The minimum atomic E-state index is -4.69. The largest absolute Gasteiger partial charge is 0.458 e. The molecule has 9 heteroatoms. The van der Waals surface area contributed by atoms with E-state index in [9.17, 15) is 27.2 Å². The molecule has 1 aliphatic rings. The standard InChI is InChI=1S/C24H20F4N2O3/c1-15-3-2-4-19(33-21-10-9-18(11-20(21)25)24(26,27)28)12-22(31)30(13-15)14-16-5-7-17(8-6-16)23(29)32/h2-11H,1,12-14H2,(H2,29,32)/b3-2-,19-4+. The highest BCUT2D eigenvalue weighted by Gasteiger charge is 2.31. The molecule has 0 aromatic heterocycles. The Morgan fingerprint density at radius 2 is 1.85 bits per heavy atom. The lowest BCUT2D eigenvalue weighted by atomic mass is 10.1. The number of alkyl halides is 3. The van der Waals surface area contributed by atoms with Crippen molar-refractivity contribution >= 4 is 11.8 Å². The maximum Gasteiger partial charge on any atom is 0.416 e. The quantitative estimate of drug-likeness (QED) is 0.655. The number of allylic oxidation sites excluding steroid dienone is 2. The van der Waals surface area contributed by atoms with E-state index >= 15 is 0 Å². The average molecular weight is 460 g/mol. The number of nitrogens with two attached hydrogens (primary N) is 1. The number of primary amides is 1. The molecular formula is C24H20F4N2O3. The second-order valence-electron chi connectivity index (χ2n) is 7.38. The van der Waals surface area contributed by atoms with Gasteiger partial charge in [0.1, 0.15) is 5.76 Å². The first kappa shape index (κ1) is 23.8. The highest BCUT2D eigenvalue weighted by Crippen LogP contribution is 2.32. The summed E-state index contributed by atoms with van der Waals surface area (Å²) in [5, 5.41) is 0. The van der Waals surface area contributed by atoms with Gasteiger partial charge in [0.05, 0.1) is 12.0 Å². The van der Waals surface area contributed by atoms with Crippen LogP contribution >= 0.6 is 0 Å². The van der Waals surface area contributed by atoms with E-state index in [1.165, 1.54) is 11.0 Å². The minimum Gasteiger partial charge on any atom is -0.458 e. The van der Waals surface area contributed by atoms with Crippen LogP contribution in [0.25, 0.3) is 0 Å². The molecule has 2 amide bonds. The molecule has 0 saturated carbocycles. The SMILES string of the molecule is C=C1/C=C\C=C(\Oc2ccc(C(F)(F)F)cc2F)CC(=O)N(Cc2ccc(C(N)=O)cc2)C1. The van der Waals surface area contributed by atoms with Crippen LogP contribution in [0.15, 0.2) is 78.6 Å². The fraction of sp³-hybridized carbons (Fsp3) is 0.167. The first-order valence-corrected chi connectivity index (χ1v) is 9.79. The summed E-state index contributed by atoms with van der Waals surface area (Å²) < 4.78 is 57.9. The van der Waals surface area contributed by atoms with E-state index in [2.05, 4.69) is 6.58 Å². The molecule has 0 atom stereocenters. The second kappa shape index (κ2) is 9.72. The molecule has 0 aliphatic carbocycles. The van der Waals surface area contributed by atoms with E-state index in [0.29, 0.717) is 23.3 Å². The summed E-state index contributed by atoms with van der Waals surface area (Å²) in [7, 11) is 0. The summed E-state index contributed by atoms with van der Waals surface area (Å²) in [4.78, 5) is 25.7. The molecule has 33 heavy (non-hydrogen) atoms. The van der Waals surface area contributed by atoms with E-state index in [1.54, 1.807) is 36.4 Å². The first-order valence-electron chi connectivity index (χ1n) is 9.79. The van der Waals surface area contributed by atoms with Gasteiger partial charge in [-0.25, -0.2) is 4.39 Å². The van der Waals surface area contributed by atoms with Crippen molar-refractivity contribution in [2.75, 3.05) is 6.54 Å². The van der Waals surface area contributed by atoms with Crippen LogP contribution in [0.1, 0.15) is 27.9 Å². The van der Waals surface area contributed by atoms with Gasteiger partial charge in [-0.2, -0.15) is 13.2 Å². The Balaban J connectivity index is 1.78. The Bertz CT molecular complexity index is 1140. The molecule has 2 aromatic rings. The lowest BCUT2D eigenvalue weighted by molar-refractivity contribution is -0.137. The molecule has 0 fully saturated rings. The smallest absolute Gasteiger partial charge is 0.416 e. The Labute approximate surface area is 187 Å². The predicted octanol–water partition coefficient (Wildman–Crippen LogP) is 4.75. The molecular weight excluding hydrogens is 440 g/mol. The van der Waals surface area contributed by atoms with Crippen LogP contribution in [0.5, 0.6) is 5.75 Å². The van der Waals surface area contributed by atoms with Gasteiger partial charge in [-0.3, -0.25) is 9.59 Å². The third-order valence-electron chi connectivity index (χ3n) is 4.80. The summed E-state index contributed by atoms with van der Waals surface area (Å²) >= 11 is 0. The highest BCUT2D eigenvalue weighted by atomic mass is 19.4. The summed E-state index contributed by atoms with van der Waals surface area (Å²) in [6.45, 7) is 4.31. The normalized spacial score (nSPS) is 17.5. The van der Waals surface area contributed by atoms with Gasteiger partial charge in [0.15, 0.2) is 11.6 Å². The van der Waals surface area contributed by atoms with Crippen LogP contribution in [0.2, 0.25) is 0 Å². The molecule has 0 radical (unpaired) electrons. The predicted molar refractivity (Wildman–Crippen MR) is 113 cm³/mol. The Morgan fingerprint density at radius 1 is 1.15 bits per heavy atom. The van der Waals surface area contributed by atoms with Gasteiger partial charge in [0.25, 0.3) is 0 Å². The maximum absolute atomic E-state index is 14.2. The molecule has 0 unspecified atom stereocenters. The van der Waals surface area contributed by atoms with Crippen LogP contribution in [-0.4, -0.2) is 23.3 Å². The van der Waals surface area contributed by atoms with E-state index in [4.69, 9.17) is 10.5 Å². The summed E-state index contributed by atoms with van der Waals surface area (Å²) in [5.74, 6) is -2.50. The lowest BCUT2D eigenvalue weighted by Gasteiger charge is -2.23. The Morgan fingerprint density at radius 3 is 2.45 bits per heavy atom. The van der Waals surface area contributed by atoms with Gasteiger partial charge in [0, 0.05) is 18.7 Å². The van der Waals surface area contributed by atoms with Crippen LogP contribution in [0, 0.1) is 5.82 Å². The summed E-state index contributed by atoms with van der Waals surface area (Å²) in [6.07, 6.45) is -0.291. The van der Waals surface area contributed by atoms with Crippen molar-refractivity contribution in [3.05, 3.63) is 101 Å². The number of ether oxygens (including phenoxy) is 1. The van der Waals surface area contributed by atoms with Gasteiger partial charge >= 0.3 is 6.18 Å². The van der Waals surface area contributed by atoms with Crippen molar-refractivity contribution in [1.82, 2.24) is 4.90 Å². The zero-order valence-corrected chi connectivity index (χ0v) is 17.4. The third-order valence-corrected chi connectivity index (χ3v) is 4.80. The molecule has 2 N–H and O–H groups in total.